The van der Waals surface area contributed by atoms with Gasteiger partial charge in [-0.1, -0.05) is 25.1 Å². The van der Waals surface area contributed by atoms with Gasteiger partial charge in [0, 0.05) is 18.3 Å². The molecule has 0 aliphatic carbocycles. The van der Waals surface area contributed by atoms with Crippen molar-refractivity contribution < 1.29 is 13.9 Å². The van der Waals surface area contributed by atoms with Gasteiger partial charge in [-0.05, 0) is 43.2 Å². The summed E-state index contributed by atoms with van der Waals surface area (Å²) < 4.78 is 18.4. The fraction of sp³-hybridized carbons (Fsp3) is 0.316. The largest absolute Gasteiger partial charge is 0.494 e. The molecule has 0 spiro atoms. The third kappa shape index (κ3) is 5.57. The molecule has 2 N–H and O–H groups in total. The molecule has 2 aromatic carbocycles. The van der Waals surface area contributed by atoms with E-state index in [9.17, 15) is 9.18 Å². The van der Waals surface area contributed by atoms with Gasteiger partial charge in [0.25, 0.3) is 0 Å². The Labute approximate surface area is 142 Å². The van der Waals surface area contributed by atoms with Crippen LogP contribution in [0.3, 0.4) is 0 Å². The zero-order valence-corrected chi connectivity index (χ0v) is 14.0. The van der Waals surface area contributed by atoms with Crippen molar-refractivity contribution >= 4 is 11.6 Å². The van der Waals surface area contributed by atoms with E-state index in [0.29, 0.717) is 13.2 Å². The number of benzene rings is 2. The van der Waals surface area contributed by atoms with E-state index in [-0.39, 0.29) is 11.7 Å². The standard InChI is InChI=1S/C19H23FN2O2/c1-3-11-24-18-6-4-5-17(12-18)22-14(2)19(23)21-13-15-7-9-16(20)10-8-15/h4-10,12,14,22H,3,11,13H2,1-2H3,(H,21,23). The number of rotatable bonds is 8. The van der Waals surface area contributed by atoms with E-state index in [4.69, 9.17) is 4.74 Å². The molecule has 24 heavy (non-hydrogen) atoms. The van der Waals surface area contributed by atoms with Crippen LogP contribution in [-0.4, -0.2) is 18.6 Å². The number of anilines is 1. The van der Waals surface area contributed by atoms with Crippen LogP contribution in [0.2, 0.25) is 0 Å². The molecule has 128 valence electrons. The lowest BCUT2D eigenvalue weighted by molar-refractivity contribution is -0.121. The van der Waals surface area contributed by atoms with Gasteiger partial charge < -0.3 is 15.4 Å². The van der Waals surface area contributed by atoms with Crippen molar-refractivity contribution in [2.45, 2.75) is 32.9 Å². The topological polar surface area (TPSA) is 50.4 Å². The van der Waals surface area contributed by atoms with Crippen molar-refractivity contribution in [2.24, 2.45) is 0 Å². The zero-order chi connectivity index (χ0) is 17.4. The molecule has 0 heterocycles. The van der Waals surface area contributed by atoms with Gasteiger partial charge >= 0.3 is 0 Å². The first-order valence-electron chi connectivity index (χ1n) is 8.10. The quantitative estimate of drug-likeness (QED) is 0.775. The van der Waals surface area contributed by atoms with Crippen LogP contribution in [0.5, 0.6) is 5.75 Å². The maximum atomic E-state index is 12.9. The predicted octanol–water partition coefficient (Wildman–Crippen LogP) is 3.73. The number of amides is 1. The highest BCUT2D eigenvalue weighted by molar-refractivity contribution is 5.84. The van der Waals surface area contributed by atoms with Gasteiger partial charge in [-0.2, -0.15) is 0 Å². The average Bonchev–Trinajstić information content (AvgIpc) is 2.59. The monoisotopic (exact) mass is 330 g/mol. The molecule has 1 amide bonds. The first-order chi connectivity index (χ1) is 11.6. The summed E-state index contributed by atoms with van der Waals surface area (Å²) in [6.45, 7) is 4.87. The Balaban J connectivity index is 1.85. The van der Waals surface area contributed by atoms with E-state index in [2.05, 4.69) is 17.6 Å². The van der Waals surface area contributed by atoms with Crippen molar-refractivity contribution in [1.82, 2.24) is 5.32 Å². The Hall–Kier alpha value is -2.56. The normalized spacial score (nSPS) is 11.6. The van der Waals surface area contributed by atoms with E-state index >= 15 is 0 Å². The number of ether oxygens (including phenoxy) is 1. The van der Waals surface area contributed by atoms with Crippen molar-refractivity contribution in [1.29, 1.82) is 0 Å². The lowest BCUT2D eigenvalue weighted by atomic mass is 10.2. The number of carbonyl (C=O) groups is 1. The minimum absolute atomic E-state index is 0.126. The van der Waals surface area contributed by atoms with Gasteiger partial charge in [-0.3, -0.25) is 4.79 Å². The van der Waals surface area contributed by atoms with Crippen molar-refractivity contribution in [2.75, 3.05) is 11.9 Å². The Morgan fingerprint density at radius 3 is 2.67 bits per heavy atom. The van der Waals surface area contributed by atoms with E-state index in [1.165, 1.54) is 12.1 Å². The van der Waals surface area contributed by atoms with Crippen LogP contribution >= 0.6 is 0 Å². The van der Waals surface area contributed by atoms with Crippen LogP contribution in [0.4, 0.5) is 10.1 Å². The van der Waals surface area contributed by atoms with E-state index in [1.807, 2.05) is 24.3 Å². The fourth-order valence-corrected chi connectivity index (χ4v) is 2.16. The Morgan fingerprint density at radius 2 is 1.96 bits per heavy atom. The van der Waals surface area contributed by atoms with Crippen molar-refractivity contribution in [3.63, 3.8) is 0 Å². The summed E-state index contributed by atoms with van der Waals surface area (Å²) in [6, 6.07) is 13.2. The van der Waals surface area contributed by atoms with E-state index in [1.54, 1.807) is 19.1 Å². The molecule has 2 rings (SSSR count). The molecule has 0 saturated carbocycles. The predicted molar refractivity (Wildman–Crippen MR) is 93.6 cm³/mol. The fourth-order valence-electron chi connectivity index (χ4n) is 2.16. The summed E-state index contributed by atoms with van der Waals surface area (Å²) in [5.74, 6) is 0.366. The molecule has 4 nitrogen and oxygen atoms in total. The van der Waals surface area contributed by atoms with Crippen LogP contribution < -0.4 is 15.4 Å². The summed E-state index contributed by atoms with van der Waals surface area (Å²) >= 11 is 0. The van der Waals surface area contributed by atoms with Crippen LogP contribution in [0.25, 0.3) is 0 Å². The molecule has 0 saturated heterocycles. The lowest BCUT2D eigenvalue weighted by Crippen LogP contribution is -2.37. The van der Waals surface area contributed by atoms with E-state index < -0.39 is 6.04 Å². The number of carbonyl (C=O) groups excluding carboxylic acids is 1. The molecule has 0 bridgehead atoms. The molecule has 0 aliphatic rings. The van der Waals surface area contributed by atoms with Gasteiger partial charge in [0.2, 0.25) is 5.91 Å². The van der Waals surface area contributed by atoms with Gasteiger partial charge in [-0.15, -0.1) is 0 Å². The first-order valence-corrected chi connectivity index (χ1v) is 8.10. The minimum Gasteiger partial charge on any atom is -0.494 e. The Morgan fingerprint density at radius 1 is 1.21 bits per heavy atom. The summed E-state index contributed by atoms with van der Waals surface area (Å²) in [5.41, 5.74) is 1.68. The minimum atomic E-state index is -0.396. The molecule has 1 atom stereocenters. The second-order valence-electron chi connectivity index (χ2n) is 5.59. The molecule has 1 unspecified atom stereocenters. The Kier molecular flexibility index (Phi) is 6.61. The van der Waals surface area contributed by atoms with Gasteiger partial charge in [0.1, 0.15) is 17.6 Å². The second-order valence-corrected chi connectivity index (χ2v) is 5.59. The van der Waals surface area contributed by atoms with Crippen molar-refractivity contribution in [3.8, 4) is 5.75 Å². The summed E-state index contributed by atoms with van der Waals surface area (Å²) in [4.78, 5) is 12.2. The average molecular weight is 330 g/mol. The summed E-state index contributed by atoms with van der Waals surface area (Å²) in [6.07, 6.45) is 0.944. The Bertz CT molecular complexity index is 659. The number of halogens is 1. The highest BCUT2D eigenvalue weighted by Crippen LogP contribution is 2.18. The highest BCUT2D eigenvalue weighted by Gasteiger charge is 2.12. The molecular weight excluding hydrogens is 307 g/mol. The SMILES string of the molecule is CCCOc1cccc(NC(C)C(=O)NCc2ccc(F)cc2)c1. The molecular formula is C19H23FN2O2. The van der Waals surface area contributed by atoms with Crippen LogP contribution in [-0.2, 0) is 11.3 Å². The van der Waals surface area contributed by atoms with Crippen molar-refractivity contribution in [3.05, 3.63) is 59.9 Å². The lowest BCUT2D eigenvalue weighted by Gasteiger charge is -2.16. The van der Waals surface area contributed by atoms with Gasteiger partial charge in [0.05, 0.1) is 6.61 Å². The highest BCUT2D eigenvalue weighted by atomic mass is 19.1. The van der Waals surface area contributed by atoms with Crippen LogP contribution in [0.1, 0.15) is 25.8 Å². The first kappa shape index (κ1) is 17.8. The molecule has 0 aromatic heterocycles. The maximum Gasteiger partial charge on any atom is 0.242 e. The molecule has 5 heteroatoms. The zero-order valence-electron chi connectivity index (χ0n) is 14.0. The molecule has 0 aliphatic heterocycles. The van der Waals surface area contributed by atoms with E-state index in [0.717, 1.165) is 23.4 Å². The third-order valence-electron chi connectivity index (χ3n) is 3.46. The number of hydrogen-bond donors (Lipinski definition) is 2. The second kappa shape index (κ2) is 8.91. The molecule has 2 aromatic rings. The van der Waals surface area contributed by atoms with Gasteiger partial charge in [-0.25, -0.2) is 4.39 Å². The maximum absolute atomic E-state index is 12.9. The molecule has 0 radical (unpaired) electrons. The smallest absolute Gasteiger partial charge is 0.242 e. The van der Waals surface area contributed by atoms with Crippen LogP contribution in [0, 0.1) is 5.82 Å². The number of nitrogens with one attached hydrogen (secondary N) is 2. The third-order valence-corrected chi connectivity index (χ3v) is 3.46. The van der Waals surface area contributed by atoms with Crippen LogP contribution in [0.15, 0.2) is 48.5 Å². The number of hydrogen-bond acceptors (Lipinski definition) is 3. The molecule has 0 fully saturated rings. The summed E-state index contributed by atoms with van der Waals surface area (Å²) in [5, 5.41) is 5.98. The summed E-state index contributed by atoms with van der Waals surface area (Å²) in [7, 11) is 0. The van der Waals surface area contributed by atoms with Gasteiger partial charge in [0.15, 0.2) is 0 Å².